The van der Waals surface area contributed by atoms with Gasteiger partial charge in [-0.15, -0.1) is 22.7 Å². The average Bonchev–Trinajstić information content (AvgIpc) is 3.08. The number of nitrogens with zero attached hydrogens (tertiary/aromatic N) is 1. The number of rotatable bonds is 4. The number of hydrogen-bond acceptors (Lipinski definition) is 5. The molecule has 3 aromatic rings. The molecule has 0 amide bonds. The summed E-state index contributed by atoms with van der Waals surface area (Å²) < 4.78 is 28.1. The molecule has 1 aromatic carbocycles. The van der Waals surface area contributed by atoms with E-state index in [1.54, 1.807) is 35.6 Å². The fourth-order valence-electron chi connectivity index (χ4n) is 1.85. The molecule has 22 heavy (non-hydrogen) atoms. The summed E-state index contributed by atoms with van der Waals surface area (Å²) in [5.74, 6) is 0. The van der Waals surface area contributed by atoms with Crippen LogP contribution in [0.25, 0.3) is 11.3 Å². The van der Waals surface area contributed by atoms with E-state index in [4.69, 9.17) is 0 Å². The summed E-state index contributed by atoms with van der Waals surface area (Å²) in [7, 11) is -3.54. The molecule has 0 atom stereocenters. The first-order valence-electron chi connectivity index (χ1n) is 6.25. The van der Waals surface area contributed by atoms with Crippen molar-refractivity contribution >= 4 is 54.3 Å². The molecule has 8 heteroatoms. The molecule has 2 heterocycles. The molecule has 0 bridgehead atoms. The standard InChI is InChI=1S/C14H11BrN2O2S3/c1-9-16-12(8-20-9)10-2-4-11(5-3-10)17-22(18,19)14-7-6-13(15)21-14/h2-8,17H,1H3. The van der Waals surface area contributed by atoms with E-state index in [0.717, 1.165) is 20.1 Å². The second kappa shape index (κ2) is 6.11. The van der Waals surface area contributed by atoms with Crippen molar-refractivity contribution in [3.8, 4) is 11.3 Å². The number of thiophene rings is 1. The quantitative estimate of drug-likeness (QED) is 0.670. The molecular formula is C14H11BrN2O2S3. The van der Waals surface area contributed by atoms with Gasteiger partial charge in [0.2, 0.25) is 0 Å². The summed E-state index contributed by atoms with van der Waals surface area (Å²) in [6.45, 7) is 1.95. The SMILES string of the molecule is Cc1nc(-c2ccc(NS(=O)(=O)c3ccc(Br)s3)cc2)cs1. The second-order valence-electron chi connectivity index (χ2n) is 4.49. The first kappa shape index (κ1) is 15.7. The van der Waals surface area contributed by atoms with E-state index < -0.39 is 10.0 Å². The van der Waals surface area contributed by atoms with Gasteiger partial charge in [-0.25, -0.2) is 13.4 Å². The summed E-state index contributed by atoms with van der Waals surface area (Å²) in [6.07, 6.45) is 0. The summed E-state index contributed by atoms with van der Waals surface area (Å²) in [5.41, 5.74) is 2.39. The van der Waals surface area contributed by atoms with E-state index in [1.165, 1.54) is 11.3 Å². The maximum atomic E-state index is 12.2. The normalized spacial score (nSPS) is 11.5. The van der Waals surface area contributed by atoms with Gasteiger partial charge in [-0.3, -0.25) is 4.72 Å². The highest BCUT2D eigenvalue weighted by Gasteiger charge is 2.16. The lowest BCUT2D eigenvalue weighted by molar-refractivity contribution is 0.603. The number of anilines is 1. The van der Waals surface area contributed by atoms with Crippen LogP contribution in [0.5, 0.6) is 0 Å². The highest BCUT2D eigenvalue weighted by Crippen LogP contribution is 2.28. The first-order valence-corrected chi connectivity index (χ1v) is 10.2. The van der Waals surface area contributed by atoms with Crippen LogP contribution in [-0.2, 0) is 10.0 Å². The van der Waals surface area contributed by atoms with Crippen LogP contribution in [0.2, 0.25) is 0 Å². The number of halogens is 1. The summed E-state index contributed by atoms with van der Waals surface area (Å²) in [4.78, 5) is 4.41. The minimum Gasteiger partial charge on any atom is -0.279 e. The Labute approximate surface area is 145 Å². The minimum atomic E-state index is -3.54. The number of thiazole rings is 1. The lowest BCUT2D eigenvalue weighted by Crippen LogP contribution is -2.11. The molecule has 4 nitrogen and oxygen atoms in total. The van der Waals surface area contributed by atoms with E-state index in [2.05, 4.69) is 25.6 Å². The van der Waals surface area contributed by atoms with Gasteiger partial charge in [0.05, 0.1) is 14.5 Å². The first-order chi connectivity index (χ1) is 10.4. The van der Waals surface area contributed by atoms with Crippen LogP contribution in [0, 0.1) is 6.92 Å². The highest BCUT2D eigenvalue weighted by atomic mass is 79.9. The Morgan fingerprint density at radius 3 is 2.41 bits per heavy atom. The molecule has 0 aliphatic carbocycles. The zero-order chi connectivity index (χ0) is 15.7. The lowest BCUT2D eigenvalue weighted by Gasteiger charge is -2.06. The molecule has 0 unspecified atom stereocenters. The van der Waals surface area contributed by atoms with Crippen LogP contribution in [0.15, 0.2) is 49.8 Å². The van der Waals surface area contributed by atoms with Gasteiger partial charge in [-0.1, -0.05) is 12.1 Å². The topological polar surface area (TPSA) is 59.1 Å². The van der Waals surface area contributed by atoms with Crippen molar-refractivity contribution in [1.82, 2.24) is 4.98 Å². The summed E-state index contributed by atoms with van der Waals surface area (Å²) in [5, 5.41) is 2.99. The van der Waals surface area contributed by atoms with E-state index in [9.17, 15) is 8.42 Å². The van der Waals surface area contributed by atoms with Crippen molar-refractivity contribution in [3.63, 3.8) is 0 Å². The maximum absolute atomic E-state index is 12.2. The van der Waals surface area contributed by atoms with E-state index in [-0.39, 0.29) is 4.21 Å². The Balaban J connectivity index is 1.82. The van der Waals surface area contributed by atoms with Crippen molar-refractivity contribution < 1.29 is 8.42 Å². The third kappa shape index (κ3) is 3.40. The monoisotopic (exact) mass is 414 g/mol. The Morgan fingerprint density at radius 2 is 1.86 bits per heavy atom. The van der Waals surface area contributed by atoms with Crippen LogP contribution >= 0.6 is 38.6 Å². The van der Waals surface area contributed by atoms with Crippen molar-refractivity contribution in [2.45, 2.75) is 11.1 Å². The van der Waals surface area contributed by atoms with Crippen LogP contribution in [0.4, 0.5) is 5.69 Å². The number of aryl methyl sites for hydroxylation is 1. The Bertz CT molecular complexity index is 898. The molecule has 0 aliphatic heterocycles. The van der Waals surface area contributed by atoms with Crippen LogP contribution in [0.1, 0.15) is 5.01 Å². The Morgan fingerprint density at radius 1 is 1.14 bits per heavy atom. The third-order valence-corrected chi connectivity index (χ3v) is 7.14. The fraction of sp³-hybridized carbons (Fsp3) is 0.0714. The molecule has 3 rings (SSSR count). The Hall–Kier alpha value is -1.22. The molecule has 0 fully saturated rings. The van der Waals surface area contributed by atoms with Gasteiger partial charge in [-0.05, 0) is 47.1 Å². The molecular weight excluding hydrogens is 404 g/mol. The Kier molecular flexibility index (Phi) is 4.35. The van der Waals surface area contributed by atoms with Crippen LogP contribution < -0.4 is 4.72 Å². The number of nitrogens with one attached hydrogen (secondary N) is 1. The van der Waals surface area contributed by atoms with Crippen molar-refractivity contribution in [1.29, 1.82) is 0 Å². The molecule has 0 aliphatic rings. The van der Waals surface area contributed by atoms with Crippen molar-refractivity contribution in [2.75, 3.05) is 4.72 Å². The van der Waals surface area contributed by atoms with Gasteiger partial charge in [0, 0.05) is 16.6 Å². The zero-order valence-corrected chi connectivity index (χ0v) is 15.4. The molecule has 2 aromatic heterocycles. The van der Waals surface area contributed by atoms with Gasteiger partial charge >= 0.3 is 0 Å². The van der Waals surface area contributed by atoms with Crippen LogP contribution in [-0.4, -0.2) is 13.4 Å². The smallest absolute Gasteiger partial charge is 0.271 e. The van der Waals surface area contributed by atoms with Gasteiger partial charge in [0.25, 0.3) is 10.0 Å². The predicted octanol–water partition coefficient (Wildman–Crippen LogP) is 4.74. The fourth-order valence-corrected chi connectivity index (χ4v) is 5.54. The molecule has 0 saturated heterocycles. The van der Waals surface area contributed by atoms with E-state index >= 15 is 0 Å². The number of hydrogen-bond donors (Lipinski definition) is 1. The van der Waals surface area contributed by atoms with Crippen molar-refractivity contribution in [2.24, 2.45) is 0 Å². The molecule has 1 N–H and O–H groups in total. The largest absolute Gasteiger partial charge is 0.279 e. The predicted molar refractivity (Wildman–Crippen MR) is 95.1 cm³/mol. The second-order valence-corrected chi connectivity index (χ2v) is 9.93. The van der Waals surface area contributed by atoms with E-state index in [0.29, 0.717) is 5.69 Å². The maximum Gasteiger partial charge on any atom is 0.271 e. The number of sulfonamides is 1. The molecule has 0 saturated carbocycles. The van der Waals surface area contributed by atoms with E-state index in [1.807, 2.05) is 24.4 Å². The van der Waals surface area contributed by atoms with Gasteiger partial charge in [-0.2, -0.15) is 0 Å². The van der Waals surface area contributed by atoms with Gasteiger partial charge < -0.3 is 0 Å². The molecule has 114 valence electrons. The number of benzene rings is 1. The van der Waals surface area contributed by atoms with Crippen LogP contribution in [0.3, 0.4) is 0 Å². The summed E-state index contributed by atoms with van der Waals surface area (Å²) in [6, 6.07) is 10.5. The molecule has 0 radical (unpaired) electrons. The summed E-state index contributed by atoms with van der Waals surface area (Å²) >= 11 is 6.03. The van der Waals surface area contributed by atoms with Crippen molar-refractivity contribution in [3.05, 3.63) is 50.6 Å². The van der Waals surface area contributed by atoms with Gasteiger partial charge in [0.15, 0.2) is 0 Å². The molecule has 0 spiro atoms. The minimum absolute atomic E-state index is 0.276. The third-order valence-electron chi connectivity index (χ3n) is 2.87. The van der Waals surface area contributed by atoms with Gasteiger partial charge in [0.1, 0.15) is 4.21 Å². The highest BCUT2D eigenvalue weighted by molar-refractivity contribution is 9.11. The lowest BCUT2D eigenvalue weighted by atomic mass is 10.1. The number of aromatic nitrogens is 1. The average molecular weight is 415 g/mol. The zero-order valence-electron chi connectivity index (χ0n) is 11.4.